The molecule has 166 valence electrons. The molecule has 0 rings (SSSR count). The van der Waals surface area contributed by atoms with Crippen LogP contribution in [0.2, 0.25) is 0 Å². The third-order valence-corrected chi connectivity index (χ3v) is 5.66. The second kappa shape index (κ2) is 18.1. The molecule has 5 nitrogen and oxygen atoms in total. The van der Waals surface area contributed by atoms with Gasteiger partial charge in [0.2, 0.25) is 0 Å². The Balaban J connectivity index is 3.54. The minimum atomic E-state index is -1.75. The summed E-state index contributed by atoms with van der Waals surface area (Å²) in [6.07, 6.45) is 19.8. The zero-order valence-electron chi connectivity index (χ0n) is 18.4. The van der Waals surface area contributed by atoms with Crippen molar-refractivity contribution in [2.24, 2.45) is 11.5 Å². The number of carbonyl (C=O) groups is 2. The van der Waals surface area contributed by atoms with Crippen LogP contribution in [0.3, 0.4) is 0 Å². The van der Waals surface area contributed by atoms with E-state index in [1.54, 1.807) is 0 Å². The van der Waals surface area contributed by atoms with E-state index in [9.17, 15) is 14.7 Å². The van der Waals surface area contributed by atoms with E-state index in [2.05, 4.69) is 6.92 Å². The molecule has 5 heteroatoms. The molecule has 0 radical (unpaired) electrons. The van der Waals surface area contributed by atoms with Gasteiger partial charge in [0.25, 0.3) is 0 Å². The summed E-state index contributed by atoms with van der Waals surface area (Å²) < 4.78 is 0. The van der Waals surface area contributed by atoms with Crippen LogP contribution in [-0.2, 0) is 9.59 Å². The molecule has 0 amide bonds. The predicted molar refractivity (Wildman–Crippen MR) is 117 cm³/mol. The Bertz CT molecular complexity index is 401. The number of carbonyl (C=O) groups excluding carboxylic acids is 1. The van der Waals surface area contributed by atoms with Crippen molar-refractivity contribution in [3.8, 4) is 0 Å². The third kappa shape index (κ3) is 13.3. The van der Waals surface area contributed by atoms with Crippen molar-refractivity contribution < 1.29 is 14.7 Å². The number of hydrogen-bond acceptors (Lipinski definition) is 4. The summed E-state index contributed by atoms with van der Waals surface area (Å²) in [5, 5.41) is 9.27. The number of unbranched alkanes of at least 4 members (excludes halogenated alkanes) is 14. The molecule has 1 atom stereocenters. The summed E-state index contributed by atoms with van der Waals surface area (Å²) >= 11 is 0. The van der Waals surface area contributed by atoms with Crippen molar-refractivity contribution in [2.45, 2.75) is 128 Å². The van der Waals surface area contributed by atoms with Crippen LogP contribution in [0, 0.1) is 0 Å². The summed E-state index contributed by atoms with van der Waals surface area (Å²) in [5.41, 5.74) is 9.48. The lowest BCUT2D eigenvalue weighted by molar-refractivity contribution is -0.148. The predicted octanol–water partition coefficient (Wildman–Crippen LogP) is 5.34. The summed E-state index contributed by atoms with van der Waals surface area (Å²) in [7, 11) is 0. The molecule has 0 spiro atoms. The number of hydrogen-bond donors (Lipinski definition) is 3. The molecule has 0 aromatic rings. The van der Waals surface area contributed by atoms with Gasteiger partial charge in [0.05, 0.1) is 0 Å². The van der Waals surface area contributed by atoms with Crippen molar-refractivity contribution in [3.05, 3.63) is 0 Å². The van der Waals surface area contributed by atoms with E-state index >= 15 is 0 Å². The van der Waals surface area contributed by atoms with Gasteiger partial charge in [-0.15, -0.1) is 0 Å². The standard InChI is InChI=1S/C23H46N2O3/c1-2-3-4-5-6-7-8-9-10-11-12-13-14-15-16-18-21(26)23(25,22(27)28)19-17-20-24/h2-20,24-25H2,1H3,(H,27,28)/t23-/m1/s1. The zero-order valence-corrected chi connectivity index (χ0v) is 18.4. The number of aliphatic carboxylic acids is 1. The van der Waals surface area contributed by atoms with E-state index in [-0.39, 0.29) is 18.6 Å². The number of carboxylic acids is 1. The molecule has 0 aromatic carbocycles. The quantitative estimate of drug-likeness (QED) is 0.179. The van der Waals surface area contributed by atoms with Crippen LogP contribution >= 0.6 is 0 Å². The van der Waals surface area contributed by atoms with Crippen LogP contribution in [-0.4, -0.2) is 28.9 Å². The van der Waals surface area contributed by atoms with Crippen LogP contribution < -0.4 is 11.5 Å². The van der Waals surface area contributed by atoms with E-state index in [1.165, 1.54) is 77.0 Å². The molecular weight excluding hydrogens is 352 g/mol. The van der Waals surface area contributed by atoms with Gasteiger partial charge in [-0.05, 0) is 25.8 Å². The van der Waals surface area contributed by atoms with E-state index < -0.39 is 11.5 Å². The summed E-state index contributed by atoms with van der Waals surface area (Å²) in [4.78, 5) is 23.5. The van der Waals surface area contributed by atoms with Gasteiger partial charge in [0.15, 0.2) is 11.3 Å². The van der Waals surface area contributed by atoms with Crippen LogP contribution in [0.4, 0.5) is 0 Å². The van der Waals surface area contributed by atoms with E-state index in [4.69, 9.17) is 11.5 Å². The van der Waals surface area contributed by atoms with Gasteiger partial charge in [0.1, 0.15) is 0 Å². The highest BCUT2D eigenvalue weighted by atomic mass is 16.4. The number of ketones is 1. The minimum absolute atomic E-state index is 0.121. The molecule has 0 aromatic heterocycles. The maximum Gasteiger partial charge on any atom is 0.331 e. The van der Waals surface area contributed by atoms with Gasteiger partial charge in [0, 0.05) is 6.42 Å². The number of nitrogens with two attached hydrogens (primary N) is 2. The molecule has 0 aliphatic heterocycles. The fourth-order valence-electron chi connectivity index (χ4n) is 3.63. The molecule has 0 heterocycles. The number of Topliss-reactive ketones (excluding diaryl/α,β-unsaturated/α-hetero) is 1. The molecule has 0 aliphatic rings. The Kier molecular flexibility index (Phi) is 17.5. The first-order valence-corrected chi connectivity index (χ1v) is 11.7. The highest BCUT2D eigenvalue weighted by molar-refractivity contribution is 6.07. The second-order valence-corrected chi connectivity index (χ2v) is 8.29. The fraction of sp³-hybridized carbons (Fsp3) is 0.913. The lowest BCUT2D eigenvalue weighted by Gasteiger charge is -2.22. The SMILES string of the molecule is CCCCCCCCCCCCCCCCCC(=O)[C@](N)(CCCN)C(=O)O. The van der Waals surface area contributed by atoms with Crippen molar-refractivity contribution >= 4 is 11.8 Å². The van der Waals surface area contributed by atoms with Gasteiger partial charge < -0.3 is 16.6 Å². The average Bonchev–Trinajstić information content (AvgIpc) is 2.68. The van der Waals surface area contributed by atoms with E-state index in [0.717, 1.165) is 19.3 Å². The highest BCUT2D eigenvalue weighted by Crippen LogP contribution is 2.17. The van der Waals surface area contributed by atoms with Crippen molar-refractivity contribution in [3.63, 3.8) is 0 Å². The van der Waals surface area contributed by atoms with Gasteiger partial charge in [-0.2, -0.15) is 0 Å². The zero-order chi connectivity index (χ0) is 21.1. The highest BCUT2D eigenvalue weighted by Gasteiger charge is 2.40. The summed E-state index contributed by atoms with van der Waals surface area (Å²) in [6, 6.07) is 0. The Morgan fingerprint density at radius 2 is 1.11 bits per heavy atom. The van der Waals surface area contributed by atoms with E-state index in [1.807, 2.05) is 0 Å². The molecule has 28 heavy (non-hydrogen) atoms. The van der Waals surface area contributed by atoms with Crippen LogP contribution in [0.1, 0.15) is 122 Å². The third-order valence-electron chi connectivity index (χ3n) is 5.66. The Morgan fingerprint density at radius 3 is 1.46 bits per heavy atom. The molecule has 0 unspecified atom stereocenters. The van der Waals surface area contributed by atoms with Crippen molar-refractivity contribution in [1.82, 2.24) is 0 Å². The van der Waals surface area contributed by atoms with Gasteiger partial charge >= 0.3 is 5.97 Å². The first-order chi connectivity index (χ1) is 13.5. The number of carboxylic acid groups (broad SMARTS) is 1. The first-order valence-electron chi connectivity index (χ1n) is 11.7. The van der Waals surface area contributed by atoms with Crippen molar-refractivity contribution in [2.75, 3.05) is 6.54 Å². The summed E-state index contributed by atoms with van der Waals surface area (Å²) in [6.45, 7) is 2.60. The Hall–Kier alpha value is -0.940. The minimum Gasteiger partial charge on any atom is -0.480 e. The molecule has 0 saturated carbocycles. The molecular formula is C23H46N2O3. The number of rotatable bonds is 21. The lowest BCUT2D eigenvalue weighted by Crippen LogP contribution is -2.55. The maximum atomic E-state index is 12.2. The maximum absolute atomic E-state index is 12.2. The van der Waals surface area contributed by atoms with Crippen LogP contribution in [0.15, 0.2) is 0 Å². The largest absolute Gasteiger partial charge is 0.480 e. The molecule has 0 saturated heterocycles. The second-order valence-electron chi connectivity index (χ2n) is 8.29. The molecule has 0 fully saturated rings. The Morgan fingerprint density at radius 1 is 0.714 bits per heavy atom. The van der Waals surface area contributed by atoms with Crippen LogP contribution in [0.5, 0.6) is 0 Å². The average molecular weight is 399 g/mol. The van der Waals surface area contributed by atoms with E-state index in [0.29, 0.717) is 13.0 Å². The van der Waals surface area contributed by atoms with Crippen LogP contribution in [0.25, 0.3) is 0 Å². The molecule has 5 N–H and O–H groups in total. The smallest absolute Gasteiger partial charge is 0.331 e. The lowest BCUT2D eigenvalue weighted by atomic mass is 9.87. The first kappa shape index (κ1) is 27.1. The Labute approximate surface area is 173 Å². The molecule has 0 aliphatic carbocycles. The molecule has 0 bridgehead atoms. The topological polar surface area (TPSA) is 106 Å². The van der Waals surface area contributed by atoms with Crippen molar-refractivity contribution in [1.29, 1.82) is 0 Å². The normalized spacial score (nSPS) is 13.4. The van der Waals surface area contributed by atoms with Gasteiger partial charge in [-0.3, -0.25) is 4.79 Å². The van der Waals surface area contributed by atoms with Gasteiger partial charge in [-0.25, -0.2) is 4.79 Å². The fourth-order valence-corrected chi connectivity index (χ4v) is 3.63. The summed E-state index contributed by atoms with van der Waals surface area (Å²) in [5.74, 6) is -1.59. The monoisotopic (exact) mass is 398 g/mol. The van der Waals surface area contributed by atoms with Gasteiger partial charge in [-0.1, -0.05) is 96.8 Å².